The fraction of sp³-hybridized carbons (Fsp3) is 0.722. The number of thiazole rings is 1. The van der Waals surface area contributed by atoms with Crippen LogP contribution in [0.5, 0.6) is 0 Å². The second-order valence-corrected chi connectivity index (χ2v) is 8.69. The Kier molecular flexibility index (Phi) is 11.5. The monoisotopic (exact) mass is 438 g/mol. The van der Waals surface area contributed by atoms with Gasteiger partial charge in [0, 0.05) is 23.4 Å². The Bertz CT molecular complexity index is 598. The molecular formula is C18H32Cl2N4O2S. The highest BCUT2D eigenvalue weighted by Crippen LogP contribution is 2.26. The number of carbonyl (C=O) groups excluding carboxylic acids is 2. The van der Waals surface area contributed by atoms with E-state index in [1.54, 1.807) is 0 Å². The number of nitrogens with one attached hydrogen (secondary N) is 2. The third-order valence-corrected chi connectivity index (χ3v) is 5.42. The molecule has 1 unspecified atom stereocenters. The average Bonchev–Trinajstić information content (AvgIpc) is 2.99. The molecule has 0 radical (unpaired) electrons. The summed E-state index contributed by atoms with van der Waals surface area (Å²) in [5.41, 5.74) is 6.07. The summed E-state index contributed by atoms with van der Waals surface area (Å²) in [4.78, 5) is 28.7. The molecule has 1 heterocycles. The van der Waals surface area contributed by atoms with E-state index in [1.807, 2.05) is 26.2 Å². The molecule has 0 aliphatic heterocycles. The zero-order valence-electron chi connectivity index (χ0n) is 16.2. The van der Waals surface area contributed by atoms with Gasteiger partial charge in [-0.05, 0) is 18.8 Å². The van der Waals surface area contributed by atoms with Gasteiger partial charge in [0.15, 0.2) is 5.13 Å². The molecule has 1 aromatic heterocycles. The molecule has 27 heavy (non-hydrogen) atoms. The number of hydrogen-bond acceptors (Lipinski definition) is 5. The second-order valence-electron chi connectivity index (χ2n) is 7.83. The van der Waals surface area contributed by atoms with E-state index in [2.05, 4.69) is 15.6 Å². The second kappa shape index (κ2) is 11.8. The zero-order chi connectivity index (χ0) is 18.4. The molecule has 1 aliphatic rings. The van der Waals surface area contributed by atoms with E-state index >= 15 is 0 Å². The molecule has 156 valence electrons. The molecule has 0 bridgehead atoms. The van der Waals surface area contributed by atoms with Crippen molar-refractivity contribution in [2.24, 2.45) is 17.1 Å². The molecular weight excluding hydrogens is 407 g/mol. The maximum absolute atomic E-state index is 12.3. The first-order valence-electron chi connectivity index (χ1n) is 9.05. The van der Waals surface area contributed by atoms with Crippen molar-refractivity contribution in [1.29, 1.82) is 0 Å². The van der Waals surface area contributed by atoms with Crippen LogP contribution in [0.1, 0.15) is 58.6 Å². The fourth-order valence-corrected chi connectivity index (χ4v) is 3.76. The van der Waals surface area contributed by atoms with Crippen molar-refractivity contribution in [2.75, 3.05) is 11.9 Å². The third-order valence-electron chi connectivity index (χ3n) is 4.61. The van der Waals surface area contributed by atoms with E-state index in [0.29, 0.717) is 23.3 Å². The molecule has 2 amide bonds. The van der Waals surface area contributed by atoms with E-state index in [1.165, 1.54) is 30.6 Å². The molecule has 2 rings (SSSR count). The van der Waals surface area contributed by atoms with Gasteiger partial charge in [0.1, 0.15) is 0 Å². The molecule has 0 aromatic carbocycles. The van der Waals surface area contributed by atoms with Gasteiger partial charge in [0.05, 0.1) is 12.1 Å². The molecule has 1 aliphatic carbocycles. The van der Waals surface area contributed by atoms with Gasteiger partial charge in [-0.15, -0.1) is 36.2 Å². The predicted octanol–water partition coefficient (Wildman–Crippen LogP) is 3.54. The van der Waals surface area contributed by atoms with Crippen molar-refractivity contribution in [3.63, 3.8) is 0 Å². The minimum atomic E-state index is -0.475. The Morgan fingerprint density at radius 3 is 2.44 bits per heavy atom. The normalized spacial score (nSPS) is 15.9. The first kappa shape index (κ1) is 26.1. The predicted molar refractivity (Wildman–Crippen MR) is 116 cm³/mol. The van der Waals surface area contributed by atoms with Crippen LogP contribution < -0.4 is 16.4 Å². The summed E-state index contributed by atoms with van der Waals surface area (Å²) in [5, 5.41) is 8.22. The van der Waals surface area contributed by atoms with E-state index in [4.69, 9.17) is 5.73 Å². The van der Waals surface area contributed by atoms with Crippen LogP contribution in [0.15, 0.2) is 5.38 Å². The smallest absolute Gasteiger partial charge is 0.231 e. The lowest BCUT2D eigenvalue weighted by Gasteiger charge is -2.30. The summed E-state index contributed by atoms with van der Waals surface area (Å²) in [6.45, 7) is 6.02. The van der Waals surface area contributed by atoms with Crippen molar-refractivity contribution in [1.82, 2.24) is 10.3 Å². The fourth-order valence-electron chi connectivity index (χ4n) is 3.06. The first-order chi connectivity index (χ1) is 11.8. The molecule has 1 fully saturated rings. The first-order valence-corrected chi connectivity index (χ1v) is 9.93. The molecule has 4 N–H and O–H groups in total. The van der Waals surface area contributed by atoms with Gasteiger partial charge in [-0.1, -0.05) is 40.0 Å². The van der Waals surface area contributed by atoms with Crippen LogP contribution in [-0.4, -0.2) is 29.4 Å². The number of hydrogen-bond donors (Lipinski definition) is 3. The van der Waals surface area contributed by atoms with E-state index in [9.17, 15) is 9.59 Å². The summed E-state index contributed by atoms with van der Waals surface area (Å²) in [6.07, 6.45) is 6.22. The van der Waals surface area contributed by atoms with Crippen molar-refractivity contribution in [2.45, 2.75) is 65.3 Å². The Labute approximate surface area is 178 Å². The minimum Gasteiger partial charge on any atom is -0.351 e. The van der Waals surface area contributed by atoms with Crippen molar-refractivity contribution in [3.8, 4) is 0 Å². The summed E-state index contributed by atoms with van der Waals surface area (Å²) < 4.78 is 0. The van der Waals surface area contributed by atoms with Crippen LogP contribution in [-0.2, 0) is 16.0 Å². The summed E-state index contributed by atoms with van der Waals surface area (Å²) in [5.74, 6) is 0.345. The van der Waals surface area contributed by atoms with Crippen LogP contribution in [0.2, 0.25) is 0 Å². The molecule has 0 spiro atoms. The number of carbonyl (C=O) groups is 2. The van der Waals surface area contributed by atoms with E-state index in [-0.39, 0.29) is 49.1 Å². The molecule has 1 saturated carbocycles. The highest BCUT2D eigenvalue weighted by Gasteiger charge is 2.25. The lowest BCUT2D eigenvalue weighted by molar-refractivity contribution is -0.123. The van der Waals surface area contributed by atoms with Crippen LogP contribution in [0.25, 0.3) is 0 Å². The number of rotatable bonds is 6. The van der Waals surface area contributed by atoms with Crippen molar-refractivity contribution < 1.29 is 9.59 Å². The van der Waals surface area contributed by atoms with Gasteiger partial charge in [-0.3, -0.25) is 9.59 Å². The number of amides is 2. The van der Waals surface area contributed by atoms with Gasteiger partial charge < -0.3 is 16.4 Å². The third kappa shape index (κ3) is 8.34. The lowest BCUT2D eigenvalue weighted by Crippen LogP contribution is -2.46. The molecule has 0 saturated heterocycles. The van der Waals surface area contributed by atoms with Gasteiger partial charge in [-0.2, -0.15) is 0 Å². The van der Waals surface area contributed by atoms with Crippen LogP contribution in [0, 0.1) is 11.3 Å². The van der Waals surface area contributed by atoms with E-state index < -0.39 is 5.41 Å². The van der Waals surface area contributed by atoms with Gasteiger partial charge in [-0.25, -0.2) is 4.98 Å². The van der Waals surface area contributed by atoms with Crippen molar-refractivity contribution >= 4 is 53.1 Å². The molecule has 1 aromatic rings. The van der Waals surface area contributed by atoms with E-state index in [0.717, 1.165) is 12.8 Å². The van der Waals surface area contributed by atoms with Gasteiger partial charge in [0.2, 0.25) is 11.8 Å². The Morgan fingerprint density at radius 2 is 1.89 bits per heavy atom. The number of aromatic nitrogens is 1. The largest absolute Gasteiger partial charge is 0.351 e. The molecule has 1 atom stereocenters. The molecule has 6 nitrogen and oxygen atoms in total. The highest BCUT2D eigenvalue weighted by atomic mass is 35.5. The maximum atomic E-state index is 12.3. The Balaban J connectivity index is 0.00000338. The summed E-state index contributed by atoms with van der Waals surface area (Å²) in [7, 11) is 0. The number of nitrogens with zero attached hydrogens (tertiary/aromatic N) is 1. The summed E-state index contributed by atoms with van der Waals surface area (Å²) >= 11 is 1.34. The SMILES string of the molecule is CC(C)(C)C(=O)Nc1nc(CC(=O)NC(CN)C2CCCCC2)cs1.Cl.Cl. The lowest BCUT2D eigenvalue weighted by atomic mass is 9.84. The topological polar surface area (TPSA) is 97.1 Å². The standard InChI is InChI=1S/C18H30N4O2S.2ClH/c1-18(2,3)16(24)22-17-20-13(11-25-17)9-15(23)21-14(10-19)12-7-5-4-6-8-12;;/h11-12,14H,4-10,19H2,1-3H3,(H,21,23)(H,20,22,24);2*1H. The summed E-state index contributed by atoms with van der Waals surface area (Å²) in [6, 6.07) is 0.0477. The maximum Gasteiger partial charge on any atom is 0.231 e. The molecule has 9 heteroatoms. The van der Waals surface area contributed by atoms with Crippen LogP contribution in [0.3, 0.4) is 0 Å². The minimum absolute atomic E-state index is 0. The van der Waals surface area contributed by atoms with Crippen molar-refractivity contribution in [3.05, 3.63) is 11.1 Å². The highest BCUT2D eigenvalue weighted by molar-refractivity contribution is 7.13. The quantitative estimate of drug-likeness (QED) is 0.632. The zero-order valence-corrected chi connectivity index (χ0v) is 18.7. The van der Waals surface area contributed by atoms with Crippen LogP contribution in [0.4, 0.5) is 5.13 Å². The Hall–Kier alpha value is -0.890. The number of anilines is 1. The number of halogens is 2. The van der Waals surface area contributed by atoms with Gasteiger partial charge in [0.25, 0.3) is 0 Å². The average molecular weight is 439 g/mol. The number of nitrogens with two attached hydrogens (primary N) is 1. The Morgan fingerprint density at radius 1 is 1.26 bits per heavy atom. The van der Waals surface area contributed by atoms with Gasteiger partial charge >= 0.3 is 0 Å². The van der Waals surface area contributed by atoms with Crippen LogP contribution >= 0.6 is 36.2 Å².